The molecular formula is C14H25N5. The molecule has 0 radical (unpaired) electrons. The van der Waals surface area contributed by atoms with Crippen molar-refractivity contribution < 1.29 is 0 Å². The van der Waals surface area contributed by atoms with Crippen LogP contribution in [-0.4, -0.2) is 47.6 Å². The number of likely N-dealkylation sites (tertiary alicyclic amines) is 1. The maximum Gasteiger partial charge on any atom is 0.134 e. The average Bonchev–Trinajstić information content (AvgIpc) is 2.37. The smallest absolute Gasteiger partial charge is 0.134 e. The van der Waals surface area contributed by atoms with Gasteiger partial charge in [0.05, 0.1) is 0 Å². The van der Waals surface area contributed by atoms with Crippen molar-refractivity contribution in [3.8, 4) is 0 Å². The van der Waals surface area contributed by atoms with Crippen LogP contribution in [0.3, 0.4) is 0 Å². The molecule has 19 heavy (non-hydrogen) atoms. The topological polar surface area (TPSA) is 53.1 Å². The minimum Gasteiger partial charge on any atom is -0.373 e. The van der Waals surface area contributed by atoms with Gasteiger partial charge in [-0.2, -0.15) is 0 Å². The zero-order valence-electron chi connectivity index (χ0n) is 12.6. The first kappa shape index (κ1) is 14.1. The van der Waals surface area contributed by atoms with Crippen molar-refractivity contribution >= 4 is 11.6 Å². The van der Waals surface area contributed by atoms with E-state index in [4.69, 9.17) is 0 Å². The van der Waals surface area contributed by atoms with Crippen LogP contribution >= 0.6 is 0 Å². The predicted molar refractivity (Wildman–Crippen MR) is 79.8 cm³/mol. The van der Waals surface area contributed by atoms with E-state index in [0.717, 1.165) is 42.4 Å². The van der Waals surface area contributed by atoms with Gasteiger partial charge in [0, 0.05) is 31.2 Å². The maximum atomic E-state index is 4.54. The van der Waals surface area contributed by atoms with Gasteiger partial charge < -0.3 is 15.5 Å². The molecule has 0 aliphatic carbocycles. The van der Waals surface area contributed by atoms with E-state index in [-0.39, 0.29) is 0 Å². The van der Waals surface area contributed by atoms with Gasteiger partial charge in [0.15, 0.2) is 0 Å². The molecule has 0 saturated carbocycles. The number of aryl methyl sites for hydroxylation is 1. The second kappa shape index (κ2) is 5.74. The number of hydrogen-bond donors (Lipinski definition) is 2. The first-order chi connectivity index (χ1) is 9.01. The van der Waals surface area contributed by atoms with E-state index in [9.17, 15) is 0 Å². The van der Waals surface area contributed by atoms with Crippen LogP contribution in [0.15, 0.2) is 0 Å². The van der Waals surface area contributed by atoms with Crippen LogP contribution in [0.2, 0.25) is 0 Å². The van der Waals surface area contributed by atoms with E-state index in [1.807, 2.05) is 14.0 Å². The third kappa shape index (κ3) is 3.15. The Morgan fingerprint density at radius 3 is 2.53 bits per heavy atom. The average molecular weight is 263 g/mol. The number of nitrogens with one attached hydrogen (secondary N) is 2. The van der Waals surface area contributed by atoms with Crippen LogP contribution in [0, 0.1) is 13.8 Å². The normalized spacial score (nSPS) is 24.3. The molecule has 2 heterocycles. The highest BCUT2D eigenvalue weighted by Gasteiger charge is 2.23. The molecule has 1 fully saturated rings. The van der Waals surface area contributed by atoms with Crippen LogP contribution in [0.1, 0.15) is 31.2 Å². The summed E-state index contributed by atoms with van der Waals surface area (Å²) in [4.78, 5) is 11.4. The summed E-state index contributed by atoms with van der Waals surface area (Å²) in [5.74, 6) is 2.69. The maximum absolute atomic E-state index is 4.54. The van der Waals surface area contributed by atoms with Crippen LogP contribution in [0.4, 0.5) is 11.6 Å². The van der Waals surface area contributed by atoms with Crippen LogP contribution in [0.5, 0.6) is 0 Å². The van der Waals surface area contributed by atoms with Gasteiger partial charge in [0.2, 0.25) is 0 Å². The Morgan fingerprint density at radius 2 is 1.89 bits per heavy atom. The molecule has 1 aromatic heterocycles. The predicted octanol–water partition coefficient (Wildman–Crippen LogP) is 2.03. The molecule has 0 aromatic carbocycles. The van der Waals surface area contributed by atoms with Crippen molar-refractivity contribution in [3.63, 3.8) is 0 Å². The lowest BCUT2D eigenvalue weighted by Crippen LogP contribution is -2.42. The Morgan fingerprint density at radius 1 is 1.21 bits per heavy atom. The monoisotopic (exact) mass is 263 g/mol. The van der Waals surface area contributed by atoms with Gasteiger partial charge in [0.25, 0.3) is 0 Å². The highest BCUT2D eigenvalue weighted by Crippen LogP contribution is 2.24. The summed E-state index contributed by atoms with van der Waals surface area (Å²) in [6.45, 7) is 7.42. The number of anilines is 2. The number of rotatable bonds is 3. The Bertz CT molecular complexity index is 446. The zero-order chi connectivity index (χ0) is 14.0. The lowest BCUT2D eigenvalue weighted by atomic mass is 9.99. The molecule has 0 spiro atoms. The zero-order valence-corrected chi connectivity index (χ0v) is 12.6. The van der Waals surface area contributed by atoms with Crippen molar-refractivity contribution in [1.29, 1.82) is 0 Å². The lowest BCUT2D eigenvalue weighted by molar-refractivity contribution is 0.190. The Labute approximate surface area is 115 Å². The SMILES string of the molecule is CNc1nc(C)nc(NC2CCN(C)C(C)C2)c1C. The molecule has 1 aromatic rings. The molecule has 0 bridgehead atoms. The van der Waals surface area contributed by atoms with Gasteiger partial charge in [-0.25, -0.2) is 9.97 Å². The van der Waals surface area contributed by atoms with E-state index in [1.54, 1.807) is 0 Å². The first-order valence-electron chi connectivity index (χ1n) is 7.01. The number of nitrogens with zero attached hydrogens (tertiary/aromatic N) is 3. The molecule has 1 aliphatic heterocycles. The molecule has 1 saturated heterocycles. The molecule has 5 nitrogen and oxygen atoms in total. The summed E-state index contributed by atoms with van der Waals surface area (Å²) in [5.41, 5.74) is 1.10. The standard InChI is InChI=1S/C14H25N5/c1-9-8-12(6-7-19(9)5)18-14-10(2)13(15-4)16-11(3)17-14/h9,12H,6-8H2,1-5H3,(H2,15,16,17,18). The molecule has 2 unspecified atom stereocenters. The van der Waals surface area contributed by atoms with Crippen molar-refractivity contribution in [1.82, 2.24) is 14.9 Å². The first-order valence-corrected chi connectivity index (χ1v) is 7.01. The van der Waals surface area contributed by atoms with E-state index in [0.29, 0.717) is 12.1 Å². The number of aromatic nitrogens is 2. The molecule has 0 amide bonds. The summed E-state index contributed by atoms with van der Waals surface area (Å²) in [5, 5.41) is 6.73. The molecule has 2 atom stereocenters. The number of piperidine rings is 1. The fraction of sp³-hybridized carbons (Fsp3) is 0.714. The van der Waals surface area contributed by atoms with Crippen molar-refractivity contribution in [2.24, 2.45) is 0 Å². The van der Waals surface area contributed by atoms with Crippen LogP contribution in [-0.2, 0) is 0 Å². The van der Waals surface area contributed by atoms with Gasteiger partial charge in [-0.1, -0.05) is 0 Å². The molecule has 2 N–H and O–H groups in total. The fourth-order valence-corrected chi connectivity index (χ4v) is 2.63. The summed E-state index contributed by atoms with van der Waals surface area (Å²) < 4.78 is 0. The second-order valence-corrected chi connectivity index (χ2v) is 5.54. The number of hydrogen-bond acceptors (Lipinski definition) is 5. The third-order valence-corrected chi connectivity index (χ3v) is 4.04. The Kier molecular flexibility index (Phi) is 4.24. The Hall–Kier alpha value is -1.36. The van der Waals surface area contributed by atoms with E-state index in [1.165, 1.54) is 0 Å². The highest BCUT2D eigenvalue weighted by atomic mass is 15.2. The van der Waals surface area contributed by atoms with Gasteiger partial charge in [-0.05, 0) is 40.7 Å². The highest BCUT2D eigenvalue weighted by molar-refractivity contribution is 5.57. The summed E-state index contributed by atoms with van der Waals surface area (Å²) in [6, 6.07) is 1.13. The molecule has 2 rings (SSSR count). The quantitative estimate of drug-likeness (QED) is 0.874. The van der Waals surface area contributed by atoms with Gasteiger partial charge in [-0.15, -0.1) is 0 Å². The van der Waals surface area contributed by atoms with Crippen LogP contribution < -0.4 is 10.6 Å². The second-order valence-electron chi connectivity index (χ2n) is 5.54. The minimum absolute atomic E-state index is 0.504. The van der Waals surface area contributed by atoms with Crippen molar-refractivity contribution in [2.75, 3.05) is 31.3 Å². The summed E-state index contributed by atoms with van der Waals surface area (Å²) in [7, 11) is 4.09. The van der Waals surface area contributed by atoms with Crippen molar-refractivity contribution in [2.45, 2.75) is 45.7 Å². The summed E-state index contributed by atoms with van der Waals surface area (Å²) >= 11 is 0. The molecule has 1 aliphatic rings. The van der Waals surface area contributed by atoms with Gasteiger partial charge >= 0.3 is 0 Å². The van der Waals surface area contributed by atoms with Crippen LogP contribution in [0.25, 0.3) is 0 Å². The third-order valence-electron chi connectivity index (χ3n) is 4.04. The van der Waals surface area contributed by atoms with Crippen molar-refractivity contribution in [3.05, 3.63) is 11.4 Å². The lowest BCUT2D eigenvalue weighted by Gasteiger charge is -2.35. The van der Waals surface area contributed by atoms with E-state index >= 15 is 0 Å². The van der Waals surface area contributed by atoms with Gasteiger partial charge in [-0.3, -0.25) is 0 Å². The molecular weight excluding hydrogens is 238 g/mol. The summed E-state index contributed by atoms with van der Waals surface area (Å²) in [6.07, 6.45) is 2.33. The Balaban J connectivity index is 2.13. The minimum atomic E-state index is 0.504. The molecule has 5 heteroatoms. The van der Waals surface area contributed by atoms with E-state index in [2.05, 4.69) is 46.4 Å². The largest absolute Gasteiger partial charge is 0.373 e. The fourth-order valence-electron chi connectivity index (χ4n) is 2.63. The molecule has 106 valence electrons. The van der Waals surface area contributed by atoms with Gasteiger partial charge in [0.1, 0.15) is 17.5 Å². The van der Waals surface area contributed by atoms with E-state index < -0.39 is 0 Å².